The van der Waals surface area contributed by atoms with E-state index in [1.165, 1.54) is 6.92 Å². The zero-order valence-electron chi connectivity index (χ0n) is 17.6. The monoisotopic (exact) mass is 427 g/mol. The number of carbonyl (C=O) groups excluding carboxylic acids is 2. The lowest BCUT2D eigenvalue weighted by Crippen LogP contribution is -2.13. The summed E-state index contributed by atoms with van der Waals surface area (Å²) < 4.78 is 11.2. The number of ether oxygens (including phenoxy) is 1. The highest BCUT2D eigenvalue weighted by Crippen LogP contribution is 2.31. The Morgan fingerprint density at radius 3 is 2.06 bits per heavy atom. The smallest absolute Gasteiger partial charge is 0.278 e. The van der Waals surface area contributed by atoms with Gasteiger partial charge in [0, 0.05) is 29.4 Å². The van der Waals surface area contributed by atoms with Gasteiger partial charge in [-0.2, -0.15) is 0 Å². The van der Waals surface area contributed by atoms with E-state index >= 15 is 0 Å². The number of oxazole rings is 1. The largest absolute Gasteiger partial charge is 0.497 e. The van der Waals surface area contributed by atoms with Crippen molar-refractivity contribution in [3.8, 4) is 28.5 Å². The van der Waals surface area contributed by atoms with Gasteiger partial charge in [0.2, 0.25) is 11.8 Å². The number of anilines is 2. The van der Waals surface area contributed by atoms with E-state index in [9.17, 15) is 9.59 Å². The molecule has 0 unspecified atom stereocenters. The molecule has 4 rings (SSSR count). The molecule has 0 aliphatic carbocycles. The Balaban J connectivity index is 1.70. The maximum Gasteiger partial charge on any atom is 0.278 e. The number of amides is 2. The van der Waals surface area contributed by atoms with Gasteiger partial charge in [0.1, 0.15) is 5.75 Å². The van der Waals surface area contributed by atoms with E-state index in [1.54, 1.807) is 55.6 Å². The topological polar surface area (TPSA) is 93.5 Å². The maximum atomic E-state index is 13.1. The molecule has 0 aliphatic rings. The normalized spacial score (nSPS) is 10.4. The molecule has 7 nitrogen and oxygen atoms in total. The number of rotatable bonds is 6. The molecule has 0 saturated carbocycles. The molecule has 1 heterocycles. The van der Waals surface area contributed by atoms with Crippen LogP contribution in [0, 0.1) is 0 Å². The lowest BCUT2D eigenvalue weighted by atomic mass is 10.1. The molecule has 0 fully saturated rings. The maximum absolute atomic E-state index is 13.1. The van der Waals surface area contributed by atoms with Gasteiger partial charge < -0.3 is 19.8 Å². The summed E-state index contributed by atoms with van der Waals surface area (Å²) in [5.74, 6) is 0.803. The van der Waals surface area contributed by atoms with Crippen molar-refractivity contribution >= 4 is 23.2 Å². The SMILES string of the molecule is COc1ccc(NC(=O)c2nc(-c3ccccc3)oc2-c2ccc(NC(C)=O)cc2)cc1. The first-order valence-corrected chi connectivity index (χ1v) is 9.93. The Labute approximate surface area is 185 Å². The van der Waals surface area contributed by atoms with Crippen LogP contribution in [0.1, 0.15) is 17.4 Å². The summed E-state index contributed by atoms with van der Waals surface area (Å²) in [6, 6.07) is 23.4. The van der Waals surface area contributed by atoms with Gasteiger partial charge in [0.15, 0.2) is 11.5 Å². The first-order valence-electron chi connectivity index (χ1n) is 9.93. The van der Waals surface area contributed by atoms with Crippen LogP contribution in [-0.2, 0) is 4.79 Å². The quantitative estimate of drug-likeness (QED) is 0.440. The first kappa shape index (κ1) is 20.9. The fourth-order valence-electron chi connectivity index (χ4n) is 3.15. The summed E-state index contributed by atoms with van der Waals surface area (Å²) >= 11 is 0. The second-order valence-corrected chi connectivity index (χ2v) is 7.00. The van der Waals surface area contributed by atoms with Crippen molar-refractivity contribution in [3.63, 3.8) is 0 Å². The summed E-state index contributed by atoms with van der Waals surface area (Å²) in [5, 5.41) is 5.57. The summed E-state index contributed by atoms with van der Waals surface area (Å²) in [6.45, 7) is 1.44. The van der Waals surface area contributed by atoms with E-state index in [4.69, 9.17) is 9.15 Å². The zero-order chi connectivity index (χ0) is 22.5. The summed E-state index contributed by atoms with van der Waals surface area (Å²) in [7, 11) is 1.58. The molecule has 160 valence electrons. The second kappa shape index (κ2) is 9.18. The molecule has 1 aromatic heterocycles. The Kier molecular flexibility index (Phi) is 5.98. The lowest BCUT2D eigenvalue weighted by molar-refractivity contribution is -0.114. The molecule has 32 heavy (non-hydrogen) atoms. The molecule has 3 aromatic carbocycles. The van der Waals surface area contributed by atoms with E-state index < -0.39 is 5.91 Å². The molecule has 0 bridgehead atoms. The Morgan fingerprint density at radius 2 is 1.44 bits per heavy atom. The van der Waals surface area contributed by atoms with Crippen molar-refractivity contribution in [1.82, 2.24) is 4.98 Å². The Hall–Kier alpha value is -4.39. The minimum atomic E-state index is -0.401. The third-order valence-corrected chi connectivity index (χ3v) is 4.68. The fraction of sp³-hybridized carbons (Fsp3) is 0.0800. The molecule has 0 radical (unpaired) electrons. The predicted octanol–water partition coefficient (Wildman–Crippen LogP) is 5.23. The number of nitrogens with one attached hydrogen (secondary N) is 2. The van der Waals surface area contributed by atoms with Crippen LogP contribution in [0.3, 0.4) is 0 Å². The van der Waals surface area contributed by atoms with Crippen LogP contribution in [0.15, 0.2) is 83.3 Å². The average Bonchev–Trinajstić information content (AvgIpc) is 3.26. The average molecular weight is 427 g/mol. The van der Waals surface area contributed by atoms with E-state index in [-0.39, 0.29) is 11.6 Å². The number of carbonyl (C=O) groups is 2. The molecule has 2 amide bonds. The van der Waals surface area contributed by atoms with Crippen molar-refractivity contribution < 1.29 is 18.7 Å². The third kappa shape index (κ3) is 4.67. The van der Waals surface area contributed by atoms with E-state index in [2.05, 4.69) is 15.6 Å². The second-order valence-electron chi connectivity index (χ2n) is 7.00. The van der Waals surface area contributed by atoms with Gasteiger partial charge in [-0.15, -0.1) is 0 Å². The predicted molar refractivity (Wildman–Crippen MR) is 123 cm³/mol. The van der Waals surface area contributed by atoms with Crippen LogP contribution in [0.4, 0.5) is 11.4 Å². The summed E-state index contributed by atoms with van der Waals surface area (Å²) in [6.07, 6.45) is 0. The number of methoxy groups -OCH3 is 1. The minimum absolute atomic E-state index is 0.159. The van der Waals surface area contributed by atoms with Gasteiger partial charge >= 0.3 is 0 Å². The van der Waals surface area contributed by atoms with Crippen molar-refractivity contribution in [3.05, 3.63) is 84.6 Å². The van der Waals surface area contributed by atoms with Crippen LogP contribution in [0.25, 0.3) is 22.8 Å². The van der Waals surface area contributed by atoms with Crippen molar-refractivity contribution in [1.29, 1.82) is 0 Å². The molecule has 2 N–H and O–H groups in total. The molecular weight excluding hydrogens is 406 g/mol. The van der Waals surface area contributed by atoms with Crippen LogP contribution in [-0.4, -0.2) is 23.9 Å². The highest BCUT2D eigenvalue weighted by molar-refractivity contribution is 6.07. The lowest BCUT2D eigenvalue weighted by Gasteiger charge is -2.06. The van der Waals surface area contributed by atoms with Crippen LogP contribution in [0.5, 0.6) is 5.75 Å². The van der Waals surface area contributed by atoms with Crippen molar-refractivity contribution in [2.45, 2.75) is 6.92 Å². The van der Waals surface area contributed by atoms with Gasteiger partial charge in [-0.05, 0) is 60.7 Å². The van der Waals surface area contributed by atoms with E-state index in [0.29, 0.717) is 34.3 Å². The third-order valence-electron chi connectivity index (χ3n) is 4.68. The van der Waals surface area contributed by atoms with E-state index in [0.717, 1.165) is 5.56 Å². The molecule has 4 aromatic rings. The number of nitrogens with zero attached hydrogens (tertiary/aromatic N) is 1. The van der Waals surface area contributed by atoms with Gasteiger partial charge in [0.05, 0.1) is 7.11 Å². The summed E-state index contributed by atoms with van der Waals surface area (Å²) in [4.78, 5) is 28.9. The van der Waals surface area contributed by atoms with Crippen molar-refractivity contribution in [2.75, 3.05) is 17.7 Å². The zero-order valence-corrected chi connectivity index (χ0v) is 17.6. The highest BCUT2D eigenvalue weighted by atomic mass is 16.5. The highest BCUT2D eigenvalue weighted by Gasteiger charge is 2.22. The number of benzene rings is 3. The van der Waals surface area contributed by atoms with E-state index in [1.807, 2.05) is 30.3 Å². The first-order chi connectivity index (χ1) is 15.5. The van der Waals surface area contributed by atoms with Crippen molar-refractivity contribution in [2.24, 2.45) is 0 Å². The van der Waals surface area contributed by atoms with Crippen LogP contribution < -0.4 is 15.4 Å². The molecule has 0 aliphatic heterocycles. The van der Waals surface area contributed by atoms with Gasteiger partial charge in [-0.3, -0.25) is 9.59 Å². The van der Waals surface area contributed by atoms with Gasteiger partial charge in [-0.1, -0.05) is 18.2 Å². The molecule has 0 atom stereocenters. The number of hydrogen-bond donors (Lipinski definition) is 2. The number of hydrogen-bond acceptors (Lipinski definition) is 5. The number of aromatic nitrogens is 1. The van der Waals surface area contributed by atoms with Crippen LogP contribution in [0.2, 0.25) is 0 Å². The molecule has 0 saturated heterocycles. The fourth-order valence-corrected chi connectivity index (χ4v) is 3.15. The standard InChI is InChI=1S/C25H21N3O4/c1-16(29)26-19-10-8-17(9-11-19)23-22(28-25(32-23)18-6-4-3-5-7-18)24(30)27-20-12-14-21(31-2)15-13-20/h3-15H,1-2H3,(H,26,29)(H,27,30). The van der Waals surface area contributed by atoms with Crippen LogP contribution >= 0.6 is 0 Å². The minimum Gasteiger partial charge on any atom is -0.497 e. The Morgan fingerprint density at radius 1 is 0.812 bits per heavy atom. The van der Waals surface area contributed by atoms with Gasteiger partial charge in [-0.25, -0.2) is 4.98 Å². The Bertz CT molecular complexity index is 1230. The summed E-state index contributed by atoms with van der Waals surface area (Å²) in [5.41, 5.74) is 2.83. The molecular formula is C25H21N3O4. The molecule has 0 spiro atoms. The molecule has 7 heteroatoms. The van der Waals surface area contributed by atoms with Gasteiger partial charge in [0.25, 0.3) is 5.91 Å².